The predicted octanol–water partition coefficient (Wildman–Crippen LogP) is 3.89. The number of sulfonamides is 1. The Morgan fingerprint density at radius 3 is 2.69 bits per heavy atom. The lowest BCUT2D eigenvalue weighted by molar-refractivity contribution is -0.137. The molecule has 2 atom stereocenters. The van der Waals surface area contributed by atoms with Gasteiger partial charge >= 0.3 is 5.97 Å². The molecule has 1 fully saturated rings. The van der Waals surface area contributed by atoms with Gasteiger partial charge in [0.25, 0.3) is 0 Å². The van der Waals surface area contributed by atoms with Crippen molar-refractivity contribution in [2.24, 2.45) is 5.92 Å². The van der Waals surface area contributed by atoms with Crippen molar-refractivity contribution in [2.75, 3.05) is 0 Å². The third kappa shape index (κ3) is 7.14. The van der Waals surface area contributed by atoms with Gasteiger partial charge in [0.15, 0.2) is 0 Å². The largest absolute Gasteiger partial charge is 0.481 e. The summed E-state index contributed by atoms with van der Waals surface area (Å²) in [6.07, 6.45) is 13.3. The number of carbonyl (C=O) groups is 1. The minimum absolute atomic E-state index is 0.0387. The fourth-order valence-electron chi connectivity index (χ4n) is 3.16. The van der Waals surface area contributed by atoms with Crippen molar-refractivity contribution in [1.82, 2.24) is 4.72 Å². The smallest absolute Gasteiger partial charge is 0.303 e. The number of carboxylic acids is 1. The molecule has 0 aromatic heterocycles. The van der Waals surface area contributed by atoms with Crippen molar-refractivity contribution in [3.63, 3.8) is 0 Å². The van der Waals surface area contributed by atoms with Gasteiger partial charge in [-0.3, -0.25) is 4.79 Å². The van der Waals surface area contributed by atoms with Gasteiger partial charge in [-0.25, -0.2) is 13.1 Å². The molecule has 0 radical (unpaired) electrons. The number of allylic oxidation sites excluding steroid dienone is 4. The zero-order valence-electron chi connectivity index (χ0n) is 14.9. The first kappa shape index (κ1) is 20.4. The lowest BCUT2D eigenvalue weighted by Crippen LogP contribution is -2.38. The molecule has 1 aliphatic carbocycles. The van der Waals surface area contributed by atoms with E-state index < -0.39 is 16.0 Å². The molecule has 2 rings (SSSR count). The average Bonchev–Trinajstić information content (AvgIpc) is 2.61. The molecule has 0 amide bonds. The van der Waals surface area contributed by atoms with Gasteiger partial charge in [0.05, 0.1) is 4.90 Å². The molecule has 26 heavy (non-hydrogen) atoms. The highest BCUT2D eigenvalue weighted by Gasteiger charge is 2.25. The van der Waals surface area contributed by atoms with Crippen LogP contribution in [0.2, 0.25) is 0 Å². The van der Waals surface area contributed by atoms with Crippen LogP contribution in [0.5, 0.6) is 0 Å². The molecule has 6 heteroatoms. The topological polar surface area (TPSA) is 83.5 Å². The Kier molecular flexibility index (Phi) is 8.06. The number of hydrogen-bond donors (Lipinski definition) is 2. The molecule has 1 aromatic rings. The van der Waals surface area contributed by atoms with E-state index in [0.29, 0.717) is 17.2 Å². The predicted molar refractivity (Wildman–Crippen MR) is 102 cm³/mol. The second-order valence-corrected chi connectivity index (χ2v) is 8.37. The third-order valence-corrected chi connectivity index (χ3v) is 6.02. The average molecular weight is 378 g/mol. The van der Waals surface area contributed by atoms with Crippen LogP contribution in [0.1, 0.15) is 44.9 Å². The molecule has 2 N–H and O–H groups in total. The quantitative estimate of drug-likeness (QED) is 0.505. The maximum atomic E-state index is 12.4. The number of nitrogens with one attached hydrogen (secondary N) is 1. The van der Waals surface area contributed by atoms with E-state index >= 15 is 0 Å². The monoisotopic (exact) mass is 377 g/mol. The molecule has 0 heterocycles. The fraction of sp³-hybridized carbons (Fsp3) is 0.450. The molecule has 5 nitrogen and oxygen atoms in total. The van der Waals surface area contributed by atoms with Gasteiger partial charge in [0.1, 0.15) is 0 Å². The summed E-state index contributed by atoms with van der Waals surface area (Å²) < 4.78 is 27.7. The van der Waals surface area contributed by atoms with Gasteiger partial charge in [-0.05, 0) is 50.2 Å². The molecular weight excluding hydrogens is 350 g/mol. The summed E-state index contributed by atoms with van der Waals surface area (Å²) in [5.41, 5.74) is 0. The summed E-state index contributed by atoms with van der Waals surface area (Å²) in [6.45, 7) is 0. The molecule has 142 valence electrons. The van der Waals surface area contributed by atoms with Gasteiger partial charge in [0, 0.05) is 12.5 Å². The van der Waals surface area contributed by atoms with Gasteiger partial charge < -0.3 is 5.11 Å². The van der Waals surface area contributed by atoms with Crippen LogP contribution >= 0.6 is 0 Å². The molecule has 0 saturated heterocycles. The SMILES string of the molecule is O=C(O)CCCC=CC=C[C@H]1CCC[C@@H](NS(=O)(=O)c2ccccc2)C1. The van der Waals surface area contributed by atoms with Crippen LogP contribution < -0.4 is 4.72 Å². The van der Waals surface area contributed by atoms with E-state index in [4.69, 9.17) is 5.11 Å². The highest BCUT2D eigenvalue weighted by molar-refractivity contribution is 7.89. The summed E-state index contributed by atoms with van der Waals surface area (Å²) in [7, 11) is -3.46. The van der Waals surface area contributed by atoms with Crippen LogP contribution in [-0.2, 0) is 14.8 Å². The third-order valence-electron chi connectivity index (χ3n) is 4.48. The highest BCUT2D eigenvalue weighted by atomic mass is 32.2. The van der Waals surface area contributed by atoms with Gasteiger partial charge in [-0.1, -0.05) is 48.9 Å². The van der Waals surface area contributed by atoms with Crippen LogP contribution in [0, 0.1) is 5.92 Å². The number of unbranched alkanes of at least 4 members (excludes halogenated alkanes) is 1. The number of benzene rings is 1. The Balaban J connectivity index is 1.80. The first-order valence-corrected chi connectivity index (χ1v) is 10.6. The van der Waals surface area contributed by atoms with Crippen LogP contribution in [0.25, 0.3) is 0 Å². The summed E-state index contributed by atoms with van der Waals surface area (Å²) in [5, 5.41) is 8.58. The van der Waals surface area contributed by atoms with Crippen LogP contribution in [-0.4, -0.2) is 25.5 Å². The Labute approximate surface area is 155 Å². The molecule has 0 aliphatic heterocycles. The minimum Gasteiger partial charge on any atom is -0.481 e. The molecule has 1 aromatic carbocycles. The van der Waals surface area contributed by atoms with Crippen molar-refractivity contribution in [3.05, 3.63) is 54.6 Å². The van der Waals surface area contributed by atoms with Crippen molar-refractivity contribution >= 4 is 16.0 Å². The highest BCUT2D eigenvalue weighted by Crippen LogP contribution is 2.26. The zero-order valence-corrected chi connectivity index (χ0v) is 15.7. The first-order chi connectivity index (χ1) is 12.5. The number of hydrogen-bond acceptors (Lipinski definition) is 3. The van der Waals surface area contributed by atoms with Crippen molar-refractivity contribution < 1.29 is 18.3 Å². The Morgan fingerprint density at radius 2 is 1.96 bits per heavy atom. The summed E-state index contributed by atoms with van der Waals surface area (Å²) in [5.74, 6) is -0.406. The number of carboxylic acid groups (broad SMARTS) is 1. The molecular formula is C20H27NO4S. The minimum atomic E-state index is -3.46. The lowest BCUT2D eigenvalue weighted by Gasteiger charge is -2.27. The van der Waals surface area contributed by atoms with Crippen molar-refractivity contribution in [3.8, 4) is 0 Å². The van der Waals surface area contributed by atoms with Gasteiger partial charge in [-0.2, -0.15) is 0 Å². The van der Waals surface area contributed by atoms with E-state index in [0.717, 1.165) is 32.1 Å². The van der Waals surface area contributed by atoms with Crippen molar-refractivity contribution in [2.45, 2.75) is 55.9 Å². The van der Waals surface area contributed by atoms with E-state index in [2.05, 4.69) is 10.8 Å². The number of rotatable bonds is 9. The Hall–Kier alpha value is -1.92. The normalized spacial score (nSPS) is 21.4. The summed E-state index contributed by atoms with van der Waals surface area (Å²) in [4.78, 5) is 10.7. The maximum absolute atomic E-state index is 12.4. The van der Waals surface area contributed by atoms with Gasteiger partial charge in [0.2, 0.25) is 10.0 Å². The number of aliphatic carboxylic acids is 1. The molecule has 0 spiro atoms. The standard InChI is InChI=1S/C20H27NO4S/c22-20(23)15-8-3-1-2-5-10-17-11-9-12-18(16-17)21-26(24,25)19-13-6-4-7-14-19/h1-2,4-7,10,13-14,17-18,21H,3,8-9,11-12,15-16H2,(H,22,23)/t17-,18+/m0/s1. The molecule has 0 unspecified atom stereocenters. The summed E-state index contributed by atoms with van der Waals surface area (Å²) >= 11 is 0. The van der Waals surface area contributed by atoms with E-state index in [1.807, 2.05) is 18.2 Å². The van der Waals surface area contributed by atoms with Crippen molar-refractivity contribution in [1.29, 1.82) is 0 Å². The Morgan fingerprint density at radius 1 is 1.19 bits per heavy atom. The second-order valence-electron chi connectivity index (χ2n) is 6.66. The summed E-state index contributed by atoms with van der Waals surface area (Å²) in [6, 6.07) is 8.43. The Bertz CT molecular complexity index is 725. The molecule has 1 saturated carbocycles. The second kappa shape index (κ2) is 10.3. The van der Waals surface area contributed by atoms with E-state index in [1.165, 1.54) is 0 Å². The zero-order chi connectivity index (χ0) is 18.8. The van der Waals surface area contributed by atoms with Gasteiger partial charge in [-0.15, -0.1) is 0 Å². The van der Waals surface area contributed by atoms with Crippen LogP contribution in [0.15, 0.2) is 59.5 Å². The molecule has 1 aliphatic rings. The lowest BCUT2D eigenvalue weighted by atomic mass is 9.86. The first-order valence-electron chi connectivity index (χ1n) is 9.10. The van der Waals surface area contributed by atoms with E-state index in [1.54, 1.807) is 30.3 Å². The maximum Gasteiger partial charge on any atom is 0.303 e. The van der Waals surface area contributed by atoms with E-state index in [-0.39, 0.29) is 12.5 Å². The van der Waals surface area contributed by atoms with Crippen LogP contribution in [0.4, 0.5) is 0 Å². The van der Waals surface area contributed by atoms with E-state index in [9.17, 15) is 13.2 Å². The molecule has 0 bridgehead atoms. The van der Waals surface area contributed by atoms with Crippen LogP contribution in [0.3, 0.4) is 0 Å². The fourth-order valence-corrected chi connectivity index (χ4v) is 4.47.